The van der Waals surface area contributed by atoms with E-state index in [9.17, 15) is 9.90 Å². The van der Waals surface area contributed by atoms with E-state index >= 15 is 0 Å². The zero-order valence-electron chi connectivity index (χ0n) is 13.4. The van der Waals surface area contributed by atoms with Crippen molar-refractivity contribution in [2.24, 2.45) is 28.6 Å². The number of hydrogen-bond acceptors (Lipinski definition) is 2. The lowest BCUT2D eigenvalue weighted by atomic mass is 9.47. The average Bonchev–Trinajstić information content (AvgIpc) is 2.76. The van der Waals surface area contributed by atoms with Gasteiger partial charge in [-0.1, -0.05) is 19.4 Å². The Hall–Kier alpha value is -0.630. The third-order valence-electron chi connectivity index (χ3n) is 7.91. The highest BCUT2D eigenvalue weighted by atomic mass is 16.3. The molecule has 6 atom stereocenters. The van der Waals surface area contributed by atoms with Crippen molar-refractivity contribution in [1.82, 2.24) is 0 Å². The van der Waals surface area contributed by atoms with E-state index < -0.39 is 0 Å². The summed E-state index contributed by atoms with van der Waals surface area (Å²) in [6.45, 7) is 4.76. The number of ketones is 1. The van der Waals surface area contributed by atoms with Crippen molar-refractivity contribution in [3.8, 4) is 0 Å². The normalized spacial score (nSPS) is 52.7. The van der Waals surface area contributed by atoms with E-state index in [1.54, 1.807) is 0 Å². The second-order valence-electron chi connectivity index (χ2n) is 8.61. The van der Waals surface area contributed by atoms with Gasteiger partial charge in [-0.15, -0.1) is 0 Å². The van der Waals surface area contributed by atoms with Gasteiger partial charge in [0.1, 0.15) is 0 Å². The smallest absolute Gasteiger partial charge is 0.155 e. The van der Waals surface area contributed by atoms with Gasteiger partial charge < -0.3 is 5.11 Å². The molecule has 4 rings (SSSR count). The van der Waals surface area contributed by atoms with Crippen LogP contribution < -0.4 is 0 Å². The molecule has 0 saturated heterocycles. The maximum Gasteiger partial charge on any atom is 0.155 e. The summed E-state index contributed by atoms with van der Waals surface area (Å²) in [5.74, 6) is 2.57. The van der Waals surface area contributed by atoms with Crippen LogP contribution in [0.25, 0.3) is 0 Å². The quantitative estimate of drug-likeness (QED) is 0.734. The third-order valence-corrected chi connectivity index (χ3v) is 7.91. The Morgan fingerprint density at radius 3 is 2.67 bits per heavy atom. The molecule has 0 bridgehead atoms. The summed E-state index contributed by atoms with van der Waals surface area (Å²) in [6.07, 6.45) is 10.7. The van der Waals surface area contributed by atoms with Crippen LogP contribution in [0.4, 0.5) is 0 Å². The third kappa shape index (κ3) is 1.78. The number of allylic oxidation sites excluding steroid dienone is 1. The van der Waals surface area contributed by atoms with Crippen LogP contribution in [0.5, 0.6) is 0 Å². The van der Waals surface area contributed by atoms with Gasteiger partial charge in [0.15, 0.2) is 5.78 Å². The SMILES string of the molecule is C[C@@]12CC[C@H]3[C@@H](CCC4=CC(=O)CC[C@@]43C)[C@H]1CC[C@H]2O. The monoisotopic (exact) mass is 288 g/mol. The summed E-state index contributed by atoms with van der Waals surface area (Å²) in [5.41, 5.74) is 1.89. The minimum absolute atomic E-state index is 0.0823. The van der Waals surface area contributed by atoms with E-state index in [0.717, 1.165) is 37.5 Å². The zero-order valence-corrected chi connectivity index (χ0v) is 13.4. The van der Waals surface area contributed by atoms with E-state index in [1.165, 1.54) is 31.3 Å². The molecule has 0 unspecified atom stereocenters. The van der Waals surface area contributed by atoms with Gasteiger partial charge in [0, 0.05) is 6.42 Å². The summed E-state index contributed by atoms with van der Waals surface area (Å²) in [7, 11) is 0. The van der Waals surface area contributed by atoms with Gasteiger partial charge in [0.05, 0.1) is 6.10 Å². The average molecular weight is 288 g/mol. The first kappa shape index (κ1) is 14.0. The highest BCUT2D eigenvalue weighted by Gasteiger charge is 2.58. The largest absolute Gasteiger partial charge is 0.393 e. The number of carbonyl (C=O) groups excluding carboxylic acids is 1. The number of aliphatic hydroxyl groups is 1. The topological polar surface area (TPSA) is 37.3 Å². The summed E-state index contributed by atoms with van der Waals surface area (Å²) < 4.78 is 0. The molecule has 21 heavy (non-hydrogen) atoms. The van der Waals surface area contributed by atoms with Crippen LogP contribution >= 0.6 is 0 Å². The standard InChI is InChI=1S/C19H28O2/c1-18-9-7-13(20)11-12(18)3-4-14-15-5-6-17(21)19(15,2)10-8-16(14)18/h11,14-17,21H,3-10H2,1-2H3/t14-,15+,16-,17+,18-,19+/m0/s1. The predicted molar refractivity (Wildman–Crippen MR) is 82.7 cm³/mol. The van der Waals surface area contributed by atoms with Gasteiger partial charge in [-0.05, 0) is 79.6 Å². The lowest BCUT2D eigenvalue weighted by Gasteiger charge is -2.57. The Balaban J connectivity index is 1.69. The highest BCUT2D eigenvalue weighted by molar-refractivity contribution is 5.91. The molecule has 3 fully saturated rings. The van der Waals surface area contributed by atoms with Crippen LogP contribution in [0.3, 0.4) is 0 Å². The van der Waals surface area contributed by atoms with Crippen molar-refractivity contribution >= 4 is 5.78 Å². The van der Waals surface area contributed by atoms with Crippen molar-refractivity contribution in [2.75, 3.05) is 0 Å². The van der Waals surface area contributed by atoms with E-state index in [2.05, 4.69) is 13.8 Å². The molecule has 0 aromatic rings. The molecule has 0 spiro atoms. The zero-order chi connectivity index (χ0) is 14.8. The van der Waals surface area contributed by atoms with Gasteiger partial charge in [-0.3, -0.25) is 4.79 Å². The second kappa shape index (κ2) is 4.44. The molecule has 4 aliphatic rings. The summed E-state index contributed by atoms with van der Waals surface area (Å²) in [4.78, 5) is 11.8. The molecule has 3 saturated carbocycles. The first-order chi connectivity index (χ1) is 9.95. The van der Waals surface area contributed by atoms with Gasteiger partial charge in [0.25, 0.3) is 0 Å². The molecule has 0 aromatic carbocycles. The summed E-state index contributed by atoms with van der Waals surface area (Å²) in [5, 5.41) is 10.4. The van der Waals surface area contributed by atoms with Crippen molar-refractivity contribution < 1.29 is 9.90 Å². The number of aliphatic hydroxyl groups excluding tert-OH is 1. The maximum atomic E-state index is 11.8. The van der Waals surface area contributed by atoms with Crippen LogP contribution in [0.15, 0.2) is 11.6 Å². The molecule has 2 heteroatoms. The molecule has 0 aromatic heterocycles. The Morgan fingerprint density at radius 2 is 1.86 bits per heavy atom. The molecule has 116 valence electrons. The van der Waals surface area contributed by atoms with Crippen LogP contribution in [-0.4, -0.2) is 17.0 Å². The second-order valence-corrected chi connectivity index (χ2v) is 8.61. The molecule has 0 amide bonds. The minimum Gasteiger partial charge on any atom is -0.393 e. The molecular formula is C19H28O2. The summed E-state index contributed by atoms with van der Waals surface area (Å²) in [6, 6.07) is 0. The fraction of sp³-hybridized carbons (Fsp3) is 0.842. The van der Waals surface area contributed by atoms with E-state index in [4.69, 9.17) is 0 Å². The Kier molecular flexibility index (Phi) is 2.96. The van der Waals surface area contributed by atoms with Crippen LogP contribution in [0.2, 0.25) is 0 Å². The van der Waals surface area contributed by atoms with Gasteiger partial charge in [0.2, 0.25) is 0 Å². The number of fused-ring (bicyclic) bond motifs is 5. The van der Waals surface area contributed by atoms with Crippen molar-refractivity contribution in [3.63, 3.8) is 0 Å². The number of rotatable bonds is 0. The maximum absolute atomic E-state index is 11.8. The van der Waals surface area contributed by atoms with E-state index in [0.29, 0.717) is 11.7 Å². The lowest BCUT2D eigenvalue weighted by molar-refractivity contribution is -0.118. The fourth-order valence-corrected chi connectivity index (χ4v) is 6.53. The first-order valence-corrected chi connectivity index (χ1v) is 8.87. The number of hydrogen-bond donors (Lipinski definition) is 1. The Morgan fingerprint density at radius 1 is 1.05 bits per heavy atom. The fourth-order valence-electron chi connectivity index (χ4n) is 6.53. The van der Waals surface area contributed by atoms with Crippen LogP contribution in [0, 0.1) is 28.6 Å². The molecule has 2 nitrogen and oxygen atoms in total. The first-order valence-electron chi connectivity index (χ1n) is 8.87. The summed E-state index contributed by atoms with van der Waals surface area (Å²) >= 11 is 0. The van der Waals surface area contributed by atoms with Gasteiger partial charge >= 0.3 is 0 Å². The van der Waals surface area contributed by atoms with Crippen molar-refractivity contribution in [3.05, 3.63) is 11.6 Å². The van der Waals surface area contributed by atoms with E-state index in [1.807, 2.05) is 6.08 Å². The predicted octanol–water partition coefficient (Wildman–Crippen LogP) is 3.88. The van der Waals surface area contributed by atoms with E-state index in [-0.39, 0.29) is 16.9 Å². The molecule has 1 N–H and O–H groups in total. The van der Waals surface area contributed by atoms with Crippen molar-refractivity contribution in [2.45, 2.75) is 71.3 Å². The van der Waals surface area contributed by atoms with Gasteiger partial charge in [-0.25, -0.2) is 0 Å². The molecule has 4 aliphatic carbocycles. The molecule has 0 radical (unpaired) electrons. The molecule has 0 aliphatic heterocycles. The van der Waals surface area contributed by atoms with Crippen LogP contribution in [-0.2, 0) is 4.79 Å². The molecule has 0 heterocycles. The van der Waals surface area contributed by atoms with Crippen LogP contribution in [0.1, 0.15) is 65.2 Å². The minimum atomic E-state index is -0.0823. The van der Waals surface area contributed by atoms with Crippen molar-refractivity contribution in [1.29, 1.82) is 0 Å². The highest BCUT2D eigenvalue weighted by Crippen LogP contribution is 2.65. The Labute approximate surface area is 128 Å². The Bertz CT molecular complexity index is 508. The lowest BCUT2D eigenvalue weighted by Crippen LogP contribution is -2.51. The number of carbonyl (C=O) groups is 1. The molecular weight excluding hydrogens is 260 g/mol. The van der Waals surface area contributed by atoms with Gasteiger partial charge in [-0.2, -0.15) is 0 Å².